The maximum absolute atomic E-state index is 11.5. The summed E-state index contributed by atoms with van der Waals surface area (Å²) < 4.78 is 31.5. The van der Waals surface area contributed by atoms with Crippen LogP contribution in [0.4, 0.5) is 0 Å². The van der Waals surface area contributed by atoms with E-state index in [2.05, 4.69) is 23.5 Å². The van der Waals surface area contributed by atoms with E-state index < -0.39 is 10.0 Å². The molecule has 2 atom stereocenters. The van der Waals surface area contributed by atoms with Crippen molar-refractivity contribution in [2.75, 3.05) is 32.5 Å². The van der Waals surface area contributed by atoms with E-state index in [0.29, 0.717) is 23.5 Å². The number of hydrogen-bond donors (Lipinski definition) is 1. The third kappa shape index (κ3) is 5.95. The summed E-state index contributed by atoms with van der Waals surface area (Å²) in [5, 5.41) is 0.686. The van der Waals surface area contributed by atoms with Gasteiger partial charge in [0.1, 0.15) is 12.4 Å². The normalized spacial score (nSPS) is 22.7. The minimum Gasteiger partial charge on any atom is -0.492 e. The summed E-state index contributed by atoms with van der Waals surface area (Å²) in [5.74, 6) is 1.54. The van der Waals surface area contributed by atoms with Gasteiger partial charge < -0.3 is 4.74 Å². The van der Waals surface area contributed by atoms with E-state index in [9.17, 15) is 8.42 Å². The Morgan fingerprint density at radius 1 is 1.30 bits per heavy atom. The minimum atomic E-state index is -3.19. The van der Waals surface area contributed by atoms with E-state index in [-0.39, 0.29) is 6.04 Å². The van der Waals surface area contributed by atoms with Gasteiger partial charge in [0.2, 0.25) is 10.0 Å². The van der Waals surface area contributed by atoms with Crippen LogP contribution >= 0.6 is 11.6 Å². The second kappa shape index (κ2) is 7.83. The number of benzene rings is 1. The highest BCUT2D eigenvalue weighted by Crippen LogP contribution is 2.25. The molecule has 2 rings (SSSR count). The second-order valence-electron chi connectivity index (χ2n) is 6.47. The number of ether oxygens (including phenoxy) is 1. The molecule has 0 unspecified atom stereocenters. The first-order valence-corrected chi connectivity index (χ1v) is 10.1. The molecule has 1 aromatic rings. The van der Waals surface area contributed by atoms with Crippen molar-refractivity contribution in [2.45, 2.75) is 19.9 Å². The SMILES string of the molecule is CC(C)[C@@H]1CN(CCOc2ccc(Cl)cc2)C[C@H]1NS(C)(=O)=O. The van der Waals surface area contributed by atoms with Crippen LogP contribution in [0.3, 0.4) is 0 Å². The lowest BCUT2D eigenvalue weighted by atomic mass is 9.92. The van der Waals surface area contributed by atoms with Crippen LogP contribution in [0.25, 0.3) is 0 Å². The van der Waals surface area contributed by atoms with Gasteiger partial charge in [0.05, 0.1) is 6.26 Å². The lowest BCUT2D eigenvalue weighted by Gasteiger charge is -2.21. The molecule has 0 aromatic heterocycles. The highest BCUT2D eigenvalue weighted by molar-refractivity contribution is 7.88. The fourth-order valence-corrected chi connectivity index (χ4v) is 3.92. The third-order valence-electron chi connectivity index (χ3n) is 4.15. The average Bonchev–Trinajstić information content (AvgIpc) is 2.82. The third-order valence-corrected chi connectivity index (χ3v) is 5.14. The van der Waals surface area contributed by atoms with Crippen molar-refractivity contribution in [1.82, 2.24) is 9.62 Å². The molecule has 0 radical (unpaired) electrons. The maximum atomic E-state index is 11.5. The Labute approximate surface area is 144 Å². The highest BCUT2D eigenvalue weighted by atomic mass is 35.5. The molecular formula is C16H25ClN2O3S. The van der Waals surface area contributed by atoms with Crippen molar-refractivity contribution in [2.24, 2.45) is 11.8 Å². The Kier molecular flexibility index (Phi) is 6.31. The fourth-order valence-electron chi connectivity index (χ4n) is 2.99. The smallest absolute Gasteiger partial charge is 0.209 e. The molecule has 1 aliphatic rings. The summed E-state index contributed by atoms with van der Waals surface area (Å²) >= 11 is 5.84. The van der Waals surface area contributed by atoms with Crippen LogP contribution in [-0.4, -0.2) is 51.9 Å². The predicted octanol–water partition coefficient (Wildman–Crippen LogP) is 2.22. The van der Waals surface area contributed by atoms with Crippen molar-refractivity contribution in [3.05, 3.63) is 29.3 Å². The van der Waals surface area contributed by atoms with Crippen LogP contribution in [0.1, 0.15) is 13.8 Å². The Balaban J connectivity index is 1.85. The summed E-state index contributed by atoms with van der Waals surface area (Å²) in [4.78, 5) is 2.25. The first-order chi connectivity index (χ1) is 10.7. The predicted molar refractivity (Wildman–Crippen MR) is 93.5 cm³/mol. The molecule has 0 amide bonds. The van der Waals surface area contributed by atoms with E-state index in [0.717, 1.165) is 25.4 Å². The number of hydrogen-bond acceptors (Lipinski definition) is 4. The Morgan fingerprint density at radius 2 is 1.96 bits per heavy atom. The van der Waals surface area contributed by atoms with Gasteiger partial charge in [-0.25, -0.2) is 13.1 Å². The molecule has 1 aliphatic heterocycles. The van der Waals surface area contributed by atoms with Gasteiger partial charge in [-0.1, -0.05) is 25.4 Å². The number of likely N-dealkylation sites (tertiary alicyclic amines) is 1. The fraction of sp³-hybridized carbons (Fsp3) is 0.625. The van der Waals surface area contributed by atoms with Crippen LogP contribution in [-0.2, 0) is 10.0 Å². The first-order valence-electron chi connectivity index (χ1n) is 7.82. The second-order valence-corrected chi connectivity index (χ2v) is 8.68. The van der Waals surface area contributed by atoms with Crippen molar-refractivity contribution in [3.8, 4) is 5.75 Å². The molecule has 1 N–H and O–H groups in total. The Morgan fingerprint density at radius 3 is 2.52 bits per heavy atom. The zero-order valence-corrected chi connectivity index (χ0v) is 15.4. The number of nitrogens with one attached hydrogen (secondary N) is 1. The van der Waals surface area contributed by atoms with Gasteiger partial charge in [-0.3, -0.25) is 4.90 Å². The van der Waals surface area contributed by atoms with Crippen LogP contribution in [0.5, 0.6) is 5.75 Å². The molecule has 1 fully saturated rings. The van der Waals surface area contributed by atoms with Crippen molar-refractivity contribution < 1.29 is 13.2 Å². The minimum absolute atomic E-state index is 0.0273. The van der Waals surface area contributed by atoms with Gasteiger partial charge in [0.15, 0.2) is 0 Å². The number of nitrogens with zero attached hydrogens (tertiary/aromatic N) is 1. The van der Waals surface area contributed by atoms with E-state index in [1.54, 1.807) is 12.1 Å². The molecule has 1 heterocycles. The number of halogens is 1. The molecule has 130 valence electrons. The quantitative estimate of drug-likeness (QED) is 0.810. The molecule has 5 nitrogen and oxygen atoms in total. The van der Waals surface area contributed by atoms with Crippen LogP contribution in [0.2, 0.25) is 5.02 Å². The van der Waals surface area contributed by atoms with Gasteiger partial charge in [-0.2, -0.15) is 0 Å². The molecule has 1 saturated heterocycles. The summed E-state index contributed by atoms with van der Waals surface area (Å²) in [7, 11) is -3.19. The molecule has 1 aromatic carbocycles. The van der Waals surface area contributed by atoms with E-state index in [1.165, 1.54) is 6.26 Å². The summed E-state index contributed by atoms with van der Waals surface area (Å²) in [6, 6.07) is 7.26. The van der Waals surface area contributed by atoms with E-state index in [1.807, 2.05) is 12.1 Å². The molecule has 0 saturated carbocycles. The van der Waals surface area contributed by atoms with Crippen molar-refractivity contribution >= 4 is 21.6 Å². The summed E-state index contributed by atoms with van der Waals surface area (Å²) in [5.41, 5.74) is 0. The highest BCUT2D eigenvalue weighted by Gasteiger charge is 2.35. The Bertz CT molecular complexity index is 604. The van der Waals surface area contributed by atoms with Crippen LogP contribution < -0.4 is 9.46 Å². The Hall–Kier alpha value is -0.820. The topological polar surface area (TPSA) is 58.6 Å². The zero-order valence-electron chi connectivity index (χ0n) is 13.8. The summed E-state index contributed by atoms with van der Waals surface area (Å²) in [6.45, 7) is 7.21. The van der Waals surface area contributed by atoms with E-state index in [4.69, 9.17) is 16.3 Å². The standard InChI is InChI=1S/C16H25ClN2O3S/c1-12(2)15-10-19(11-16(15)18-23(3,20)21)8-9-22-14-6-4-13(17)5-7-14/h4-7,12,15-16,18H,8-11H2,1-3H3/t15-,16+/m0/s1. The zero-order chi connectivity index (χ0) is 17.0. The molecule has 23 heavy (non-hydrogen) atoms. The average molecular weight is 361 g/mol. The van der Waals surface area contributed by atoms with Gasteiger partial charge in [0.25, 0.3) is 0 Å². The van der Waals surface area contributed by atoms with Gasteiger partial charge in [-0.15, -0.1) is 0 Å². The number of rotatable bonds is 7. The molecule has 7 heteroatoms. The first kappa shape index (κ1) is 18.5. The lowest BCUT2D eigenvalue weighted by molar-refractivity contribution is 0.227. The van der Waals surface area contributed by atoms with Crippen LogP contribution in [0, 0.1) is 11.8 Å². The number of sulfonamides is 1. The monoisotopic (exact) mass is 360 g/mol. The maximum Gasteiger partial charge on any atom is 0.209 e. The lowest BCUT2D eigenvalue weighted by Crippen LogP contribution is -2.41. The summed E-state index contributed by atoms with van der Waals surface area (Å²) in [6.07, 6.45) is 1.22. The van der Waals surface area contributed by atoms with E-state index >= 15 is 0 Å². The van der Waals surface area contributed by atoms with Crippen molar-refractivity contribution in [1.29, 1.82) is 0 Å². The largest absolute Gasteiger partial charge is 0.492 e. The molecular weight excluding hydrogens is 336 g/mol. The molecule has 0 spiro atoms. The molecule has 0 bridgehead atoms. The van der Waals surface area contributed by atoms with Crippen molar-refractivity contribution in [3.63, 3.8) is 0 Å². The van der Waals surface area contributed by atoms with Gasteiger partial charge >= 0.3 is 0 Å². The molecule has 0 aliphatic carbocycles. The van der Waals surface area contributed by atoms with Gasteiger partial charge in [0, 0.05) is 30.7 Å². The van der Waals surface area contributed by atoms with Gasteiger partial charge in [-0.05, 0) is 36.1 Å². The van der Waals surface area contributed by atoms with Crippen LogP contribution in [0.15, 0.2) is 24.3 Å².